The Morgan fingerprint density at radius 1 is 1.10 bits per heavy atom. The average molecular weight is 291 g/mol. The van der Waals surface area contributed by atoms with Crippen molar-refractivity contribution >= 4 is 5.69 Å². The first-order valence-corrected chi connectivity index (χ1v) is 7.88. The van der Waals surface area contributed by atoms with Crippen LogP contribution >= 0.6 is 0 Å². The molecule has 2 fully saturated rings. The van der Waals surface area contributed by atoms with Crippen LogP contribution in [0.25, 0.3) is 0 Å². The van der Waals surface area contributed by atoms with E-state index in [2.05, 4.69) is 5.32 Å². The van der Waals surface area contributed by atoms with E-state index < -0.39 is 0 Å². The second kappa shape index (κ2) is 6.14. The number of rotatable bonds is 5. The number of hydrogen-bond acceptors (Lipinski definition) is 4. The number of anilines is 1. The summed E-state index contributed by atoms with van der Waals surface area (Å²) in [6.07, 6.45) is 7.85. The standard InChI is InChI=1S/C17H25NO3/c1-19-15-9-13(10-16(11-15)20-2)18-12-14-5-8-17(21-14)6-3-4-7-17/h9-11,14,18H,3-8,12H2,1-2H3. The van der Waals surface area contributed by atoms with E-state index in [0.717, 1.165) is 30.2 Å². The maximum absolute atomic E-state index is 6.32. The van der Waals surface area contributed by atoms with Gasteiger partial charge in [-0.1, -0.05) is 12.8 Å². The van der Waals surface area contributed by atoms with E-state index in [1.807, 2.05) is 18.2 Å². The van der Waals surface area contributed by atoms with Crippen molar-refractivity contribution in [3.63, 3.8) is 0 Å². The maximum Gasteiger partial charge on any atom is 0.124 e. The molecule has 1 aromatic rings. The van der Waals surface area contributed by atoms with E-state index in [4.69, 9.17) is 14.2 Å². The van der Waals surface area contributed by atoms with Crippen molar-refractivity contribution < 1.29 is 14.2 Å². The van der Waals surface area contributed by atoms with Gasteiger partial charge >= 0.3 is 0 Å². The molecule has 1 saturated carbocycles. The SMILES string of the molecule is COc1cc(NCC2CCC3(CCCC3)O2)cc(OC)c1. The van der Waals surface area contributed by atoms with Gasteiger partial charge in [-0.15, -0.1) is 0 Å². The first-order valence-electron chi connectivity index (χ1n) is 7.88. The summed E-state index contributed by atoms with van der Waals surface area (Å²) in [5.74, 6) is 1.60. The molecule has 116 valence electrons. The van der Waals surface area contributed by atoms with Crippen LogP contribution in [0.15, 0.2) is 18.2 Å². The summed E-state index contributed by atoms with van der Waals surface area (Å²) in [6, 6.07) is 5.86. The second-order valence-electron chi connectivity index (χ2n) is 6.15. The predicted molar refractivity (Wildman–Crippen MR) is 83.3 cm³/mol. The third-order valence-corrected chi connectivity index (χ3v) is 4.74. The Morgan fingerprint density at radius 2 is 1.76 bits per heavy atom. The fraction of sp³-hybridized carbons (Fsp3) is 0.647. The molecule has 1 atom stereocenters. The Labute approximate surface area is 126 Å². The molecular formula is C17H25NO3. The summed E-state index contributed by atoms with van der Waals surface area (Å²) in [5, 5.41) is 3.46. The topological polar surface area (TPSA) is 39.7 Å². The van der Waals surface area contributed by atoms with Gasteiger partial charge in [0, 0.05) is 30.4 Å². The lowest BCUT2D eigenvalue weighted by atomic mass is 9.98. The minimum atomic E-state index is 0.207. The number of ether oxygens (including phenoxy) is 3. The molecule has 21 heavy (non-hydrogen) atoms. The molecule has 1 aromatic carbocycles. The predicted octanol–water partition coefficient (Wildman–Crippen LogP) is 3.61. The molecule has 1 spiro atoms. The summed E-state index contributed by atoms with van der Waals surface area (Å²) < 4.78 is 16.9. The lowest BCUT2D eigenvalue weighted by Crippen LogP contribution is -2.27. The van der Waals surface area contributed by atoms with Crippen molar-refractivity contribution in [3.05, 3.63) is 18.2 Å². The first kappa shape index (κ1) is 14.5. The van der Waals surface area contributed by atoms with Gasteiger partial charge in [0.15, 0.2) is 0 Å². The minimum Gasteiger partial charge on any atom is -0.497 e. The maximum atomic E-state index is 6.32. The molecule has 3 rings (SSSR count). The molecule has 2 aliphatic rings. The molecule has 4 nitrogen and oxygen atoms in total. The molecule has 1 N–H and O–H groups in total. The van der Waals surface area contributed by atoms with Gasteiger partial charge in [-0.05, 0) is 25.7 Å². The first-order chi connectivity index (χ1) is 10.2. The fourth-order valence-corrected chi connectivity index (χ4v) is 3.57. The highest BCUT2D eigenvalue weighted by Crippen LogP contribution is 2.43. The van der Waals surface area contributed by atoms with Gasteiger partial charge in [0.1, 0.15) is 11.5 Å². The summed E-state index contributed by atoms with van der Waals surface area (Å²) in [5.41, 5.74) is 1.22. The van der Waals surface area contributed by atoms with Gasteiger partial charge in [-0.2, -0.15) is 0 Å². The van der Waals surface area contributed by atoms with Crippen molar-refractivity contribution in [1.82, 2.24) is 0 Å². The Bertz CT molecular complexity index is 461. The van der Waals surface area contributed by atoms with Crippen LogP contribution in [-0.4, -0.2) is 32.5 Å². The largest absolute Gasteiger partial charge is 0.497 e. The Kier molecular flexibility index (Phi) is 4.24. The molecule has 0 bridgehead atoms. The van der Waals surface area contributed by atoms with E-state index in [0.29, 0.717) is 6.10 Å². The lowest BCUT2D eigenvalue weighted by Gasteiger charge is -2.24. The van der Waals surface area contributed by atoms with Crippen molar-refractivity contribution in [1.29, 1.82) is 0 Å². The number of benzene rings is 1. The normalized spacial score (nSPS) is 23.4. The second-order valence-corrected chi connectivity index (χ2v) is 6.15. The molecule has 1 aliphatic heterocycles. The van der Waals surface area contributed by atoms with Crippen LogP contribution in [0.4, 0.5) is 5.69 Å². The molecular weight excluding hydrogens is 266 g/mol. The highest BCUT2D eigenvalue weighted by Gasteiger charge is 2.41. The van der Waals surface area contributed by atoms with E-state index >= 15 is 0 Å². The van der Waals surface area contributed by atoms with Crippen molar-refractivity contribution in [2.75, 3.05) is 26.1 Å². The smallest absolute Gasteiger partial charge is 0.124 e. The van der Waals surface area contributed by atoms with Crippen LogP contribution in [0.5, 0.6) is 11.5 Å². The van der Waals surface area contributed by atoms with Gasteiger partial charge in [-0.3, -0.25) is 0 Å². The highest BCUT2D eigenvalue weighted by molar-refractivity contribution is 5.53. The summed E-state index contributed by atoms with van der Waals surface area (Å²) in [4.78, 5) is 0. The third-order valence-electron chi connectivity index (χ3n) is 4.74. The van der Waals surface area contributed by atoms with Gasteiger partial charge in [0.2, 0.25) is 0 Å². The number of methoxy groups -OCH3 is 2. The van der Waals surface area contributed by atoms with E-state index in [1.165, 1.54) is 32.1 Å². The fourth-order valence-electron chi connectivity index (χ4n) is 3.57. The zero-order valence-electron chi connectivity index (χ0n) is 13.0. The Hall–Kier alpha value is -1.42. The zero-order valence-corrected chi connectivity index (χ0v) is 13.0. The Balaban J connectivity index is 1.58. The molecule has 1 heterocycles. The molecule has 1 aliphatic carbocycles. The number of hydrogen-bond donors (Lipinski definition) is 1. The average Bonchev–Trinajstić information content (AvgIpc) is 3.15. The van der Waals surface area contributed by atoms with Gasteiger partial charge in [-0.25, -0.2) is 0 Å². The quantitative estimate of drug-likeness (QED) is 0.899. The van der Waals surface area contributed by atoms with E-state index in [1.54, 1.807) is 14.2 Å². The monoisotopic (exact) mass is 291 g/mol. The lowest BCUT2D eigenvalue weighted by molar-refractivity contribution is -0.0307. The van der Waals surface area contributed by atoms with Crippen LogP contribution < -0.4 is 14.8 Å². The van der Waals surface area contributed by atoms with E-state index in [-0.39, 0.29) is 5.60 Å². The summed E-state index contributed by atoms with van der Waals surface area (Å²) in [7, 11) is 3.34. The van der Waals surface area contributed by atoms with Crippen molar-refractivity contribution in [2.24, 2.45) is 0 Å². The summed E-state index contributed by atoms with van der Waals surface area (Å²) >= 11 is 0. The zero-order chi connectivity index (χ0) is 14.7. The third kappa shape index (κ3) is 3.26. The highest BCUT2D eigenvalue weighted by atomic mass is 16.5. The number of nitrogens with one attached hydrogen (secondary N) is 1. The van der Waals surface area contributed by atoms with Crippen molar-refractivity contribution in [2.45, 2.75) is 50.2 Å². The molecule has 0 aromatic heterocycles. The van der Waals surface area contributed by atoms with Crippen LogP contribution in [-0.2, 0) is 4.74 Å². The van der Waals surface area contributed by atoms with Gasteiger partial charge in [0.05, 0.1) is 25.9 Å². The van der Waals surface area contributed by atoms with Crippen LogP contribution in [0.1, 0.15) is 38.5 Å². The molecule has 1 saturated heterocycles. The molecule has 1 unspecified atom stereocenters. The van der Waals surface area contributed by atoms with Crippen molar-refractivity contribution in [3.8, 4) is 11.5 Å². The minimum absolute atomic E-state index is 0.207. The Morgan fingerprint density at radius 3 is 2.38 bits per heavy atom. The molecule has 4 heteroatoms. The van der Waals surface area contributed by atoms with E-state index in [9.17, 15) is 0 Å². The van der Waals surface area contributed by atoms with Gasteiger partial charge in [0.25, 0.3) is 0 Å². The van der Waals surface area contributed by atoms with Crippen LogP contribution in [0.2, 0.25) is 0 Å². The summed E-state index contributed by atoms with van der Waals surface area (Å²) in [6.45, 7) is 0.845. The molecule has 0 amide bonds. The van der Waals surface area contributed by atoms with Gasteiger partial charge < -0.3 is 19.5 Å². The van der Waals surface area contributed by atoms with Crippen LogP contribution in [0.3, 0.4) is 0 Å². The molecule has 0 radical (unpaired) electrons. The van der Waals surface area contributed by atoms with Crippen LogP contribution in [0, 0.1) is 0 Å².